The van der Waals surface area contributed by atoms with Crippen LogP contribution in [0.1, 0.15) is 0 Å². The van der Waals surface area contributed by atoms with Crippen molar-refractivity contribution in [1.82, 2.24) is 4.57 Å². The summed E-state index contributed by atoms with van der Waals surface area (Å²) in [5.41, 5.74) is 6.82. The first-order valence-electron chi connectivity index (χ1n) is 8.92. The Bertz CT molecular complexity index is 1160. The van der Waals surface area contributed by atoms with Crippen LogP contribution < -0.4 is 15.0 Å². The van der Waals surface area contributed by atoms with E-state index in [9.17, 15) is 0 Å². The number of benzene rings is 3. The lowest BCUT2D eigenvalue weighted by Crippen LogP contribution is -2.11. The van der Waals surface area contributed by atoms with Gasteiger partial charge in [-0.25, -0.2) is 0 Å². The summed E-state index contributed by atoms with van der Waals surface area (Å²) < 4.78 is 7.51. The van der Waals surface area contributed by atoms with Gasteiger partial charge < -0.3 is 19.6 Å². The van der Waals surface area contributed by atoms with E-state index in [0.717, 1.165) is 33.8 Å². The Morgan fingerprint density at radius 1 is 0.926 bits per heavy atom. The Hall–Kier alpha value is -3.27. The second-order valence-electron chi connectivity index (χ2n) is 6.99. The van der Waals surface area contributed by atoms with Crippen molar-refractivity contribution in [3.63, 3.8) is 0 Å². The molecule has 4 rings (SSSR count). The van der Waals surface area contributed by atoms with Crippen LogP contribution >= 0.6 is 0 Å². The van der Waals surface area contributed by atoms with Crippen LogP contribution in [0.25, 0.3) is 33.3 Å². The Morgan fingerprint density at radius 3 is 2.33 bits per heavy atom. The Balaban J connectivity index is 2.13. The normalized spacial score (nSPS) is 11.1. The number of anilines is 1. The molecule has 2 aliphatic rings. The zero-order chi connectivity index (χ0) is 19.1. The van der Waals surface area contributed by atoms with Gasteiger partial charge in [0.05, 0.1) is 23.7 Å². The molecule has 1 heterocycles. The molecule has 0 amide bonds. The third-order valence-electron chi connectivity index (χ3n) is 5.14. The van der Waals surface area contributed by atoms with E-state index in [0.29, 0.717) is 5.36 Å². The molecule has 0 spiro atoms. The molecule has 0 saturated heterocycles. The molecule has 0 saturated carbocycles. The number of aryl methyl sites for hydroxylation is 1. The Kier molecular flexibility index (Phi) is 4.11. The first-order chi connectivity index (χ1) is 13.0. The highest BCUT2D eigenvalue weighted by atomic mass is 16.5. The van der Waals surface area contributed by atoms with Crippen LogP contribution in [-0.2, 0) is 7.05 Å². The van der Waals surface area contributed by atoms with Crippen molar-refractivity contribution in [2.45, 2.75) is 0 Å². The molecule has 0 radical (unpaired) electrons. The van der Waals surface area contributed by atoms with E-state index < -0.39 is 0 Å². The molecule has 136 valence electrons. The number of ether oxygens (including phenoxy) is 1. The molecule has 27 heavy (non-hydrogen) atoms. The Morgan fingerprint density at radius 2 is 1.67 bits per heavy atom. The van der Waals surface area contributed by atoms with Crippen molar-refractivity contribution >= 4 is 16.6 Å². The van der Waals surface area contributed by atoms with Gasteiger partial charge in [0.1, 0.15) is 5.75 Å². The van der Waals surface area contributed by atoms with E-state index in [1.807, 2.05) is 24.3 Å². The standard InChI is InChI=1S/C23H23N3O/c1-25(2)17-8-12-20-22(14-17)26(3)21-13-16(24)7-11-19(21)23(20)15-5-9-18(27-4)10-6-15/h5-14,24H,1-4H3. The van der Waals surface area contributed by atoms with Crippen molar-refractivity contribution in [2.24, 2.45) is 7.05 Å². The summed E-state index contributed by atoms with van der Waals surface area (Å²) in [4.78, 5) is 2.11. The van der Waals surface area contributed by atoms with Gasteiger partial charge in [-0.05, 0) is 42.0 Å². The number of aromatic nitrogens is 1. The average molecular weight is 357 g/mol. The second kappa shape index (κ2) is 6.47. The smallest absolute Gasteiger partial charge is 0.118 e. The minimum absolute atomic E-state index is 0.516. The third kappa shape index (κ3) is 2.83. The molecule has 0 fully saturated rings. The van der Waals surface area contributed by atoms with Crippen LogP contribution in [0.2, 0.25) is 0 Å². The van der Waals surface area contributed by atoms with Gasteiger partial charge in [-0.15, -0.1) is 0 Å². The quantitative estimate of drug-likeness (QED) is 0.548. The van der Waals surface area contributed by atoms with Gasteiger partial charge in [-0.2, -0.15) is 0 Å². The van der Waals surface area contributed by atoms with Crippen molar-refractivity contribution in [1.29, 1.82) is 5.41 Å². The lowest BCUT2D eigenvalue weighted by atomic mass is 9.91. The molecule has 1 aliphatic carbocycles. The van der Waals surface area contributed by atoms with Crippen LogP contribution in [0.3, 0.4) is 0 Å². The lowest BCUT2D eigenvalue weighted by Gasteiger charge is -2.23. The van der Waals surface area contributed by atoms with Crippen molar-refractivity contribution in [3.05, 3.63) is 66.0 Å². The molecule has 1 aliphatic heterocycles. The monoisotopic (exact) mass is 357 g/mol. The van der Waals surface area contributed by atoms with E-state index in [1.54, 1.807) is 7.11 Å². The number of hydrogen-bond donors (Lipinski definition) is 1. The maximum atomic E-state index is 8.08. The molecule has 0 aromatic heterocycles. The second-order valence-corrected chi connectivity index (χ2v) is 6.99. The average Bonchev–Trinajstić information content (AvgIpc) is 2.68. The van der Waals surface area contributed by atoms with Gasteiger partial charge in [-0.1, -0.05) is 24.3 Å². The van der Waals surface area contributed by atoms with E-state index >= 15 is 0 Å². The topological polar surface area (TPSA) is 41.2 Å². The fraction of sp³-hybridized carbons (Fsp3) is 0.174. The molecule has 0 bridgehead atoms. The maximum absolute atomic E-state index is 8.08. The number of nitrogens with zero attached hydrogens (tertiary/aromatic N) is 2. The highest BCUT2D eigenvalue weighted by molar-refractivity contribution is 6.04. The number of nitrogens with one attached hydrogen (secondary N) is 1. The maximum Gasteiger partial charge on any atom is 0.118 e. The molecular formula is C23H23N3O. The van der Waals surface area contributed by atoms with Gasteiger partial charge in [0.2, 0.25) is 0 Å². The van der Waals surface area contributed by atoms with Crippen molar-refractivity contribution in [2.75, 3.05) is 26.1 Å². The van der Waals surface area contributed by atoms with E-state index in [1.165, 1.54) is 10.9 Å². The SMILES string of the molecule is COc1ccc(-c2c3ccc(=N)cc-3n(C)c3cc(N(C)C)ccc23)cc1. The summed E-state index contributed by atoms with van der Waals surface area (Å²) in [6.07, 6.45) is 0. The molecule has 1 N–H and O–H groups in total. The number of rotatable bonds is 3. The number of pyridine rings is 1. The zero-order valence-corrected chi connectivity index (χ0v) is 16.1. The van der Waals surface area contributed by atoms with E-state index in [-0.39, 0.29) is 0 Å². The summed E-state index contributed by atoms with van der Waals surface area (Å²) in [6.45, 7) is 0. The Labute approximate surface area is 159 Å². The zero-order valence-electron chi connectivity index (χ0n) is 16.1. The van der Waals surface area contributed by atoms with E-state index in [4.69, 9.17) is 10.1 Å². The lowest BCUT2D eigenvalue weighted by molar-refractivity contribution is 0.415. The highest BCUT2D eigenvalue weighted by Gasteiger charge is 2.18. The van der Waals surface area contributed by atoms with E-state index in [2.05, 4.69) is 67.0 Å². The van der Waals surface area contributed by atoms with Crippen LogP contribution in [0.15, 0.2) is 60.7 Å². The predicted molar refractivity (Wildman–Crippen MR) is 112 cm³/mol. The number of hydrogen-bond acceptors (Lipinski definition) is 3. The van der Waals surface area contributed by atoms with Gasteiger partial charge in [0, 0.05) is 43.3 Å². The van der Waals surface area contributed by atoms with Gasteiger partial charge >= 0.3 is 0 Å². The van der Waals surface area contributed by atoms with Crippen LogP contribution in [0.5, 0.6) is 5.75 Å². The van der Waals surface area contributed by atoms with Gasteiger partial charge in [0.15, 0.2) is 0 Å². The minimum atomic E-state index is 0.516. The first-order valence-corrected chi connectivity index (χ1v) is 8.92. The van der Waals surface area contributed by atoms with Crippen LogP contribution in [0, 0.1) is 5.41 Å². The van der Waals surface area contributed by atoms with Crippen molar-refractivity contribution < 1.29 is 4.74 Å². The summed E-state index contributed by atoms with van der Waals surface area (Å²) in [7, 11) is 7.85. The molecule has 4 heteroatoms. The minimum Gasteiger partial charge on any atom is -0.497 e. The van der Waals surface area contributed by atoms with Crippen molar-refractivity contribution in [3.8, 4) is 28.1 Å². The summed E-state index contributed by atoms with van der Waals surface area (Å²) in [5, 5.41) is 9.79. The first kappa shape index (κ1) is 17.2. The fourth-order valence-electron chi connectivity index (χ4n) is 3.65. The molecule has 2 aromatic rings. The third-order valence-corrected chi connectivity index (χ3v) is 5.14. The number of methoxy groups -OCH3 is 1. The summed E-state index contributed by atoms with van der Waals surface area (Å²) in [5.74, 6) is 0.845. The fourth-order valence-corrected chi connectivity index (χ4v) is 3.65. The van der Waals surface area contributed by atoms with Crippen LogP contribution in [0.4, 0.5) is 5.69 Å². The van der Waals surface area contributed by atoms with Gasteiger partial charge in [-0.3, -0.25) is 0 Å². The molecule has 0 atom stereocenters. The molecule has 0 unspecified atom stereocenters. The largest absolute Gasteiger partial charge is 0.497 e. The molecular weight excluding hydrogens is 334 g/mol. The predicted octanol–water partition coefficient (Wildman–Crippen LogP) is 4.50. The number of fused-ring (bicyclic) bond motifs is 2. The summed E-state index contributed by atoms with van der Waals surface area (Å²) in [6, 6.07) is 20.6. The molecule has 4 nitrogen and oxygen atoms in total. The van der Waals surface area contributed by atoms with Gasteiger partial charge in [0.25, 0.3) is 0 Å². The molecule has 2 aromatic carbocycles. The summed E-state index contributed by atoms with van der Waals surface area (Å²) >= 11 is 0. The highest BCUT2D eigenvalue weighted by Crippen LogP contribution is 2.40. The van der Waals surface area contributed by atoms with Crippen LogP contribution in [-0.4, -0.2) is 25.8 Å².